The second-order valence-electron chi connectivity index (χ2n) is 5.62. The molecule has 2 aromatic rings. The summed E-state index contributed by atoms with van der Waals surface area (Å²) in [5.74, 6) is -0.170. The van der Waals surface area contributed by atoms with Gasteiger partial charge in [-0.1, -0.05) is 56.3 Å². The zero-order chi connectivity index (χ0) is 15.2. The first-order chi connectivity index (χ1) is 10.1. The quantitative estimate of drug-likeness (QED) is 0.864. The fourth-order valence-corrected chi connectivity index (χ4v) is 2.38. The zero-order valence-corrected chi connectivity index (χ0v) is 12.9. The molecule has 0 saturated heterocycles. The molecule has 0 aliphatic heterocycles. The Bertz CT molecular complexity index is 567. The minimum Gasteiger partial charge on any atom is -0.368 e. The van der Waals surface area contributed by atoms with Crippen LogP contribution in [0.1, 0.15) is 25.0 Å². The summed E-state index contributed by atoms with van der Waals surface area (Å²) in [5.41, 5.74) is 2.84. The summed E-state index contributed by atoms with van der Waals surface area (Å²) < 4.78 is 14.3. The number of rotatable bonds is 6. The van der Waals surface area contributed by atoms with Crippen molar-refractivity contribution < 1.29 is 4.39 Å². The van der Waals surface area contributed by atoms with Gasteiger partial charge in [-0.15, -0.1) is 0 Å². The molecular weight excluding hydrogens is 263 g/mol. The van der Waals surface area contributed by atoms with Gasteiger partial charge in [0.1, 0.15) is 5.82 Å². The molecule has 0 atom stereocenters. The highest BCUT2D eigenvalue weighted by molar-refractivity contribution is 5.54. The highest BCUT2D eigenvalue weighted by Crippen LogP contribution is 2.25. The van der Waals surface area contributed by atoms with Gasteiger partial charge >= 0.3 is 0 Å². The third kappa shape index (κ3) is 4.30. The van der Waals surface area contributed by atoms with Crippen molar-refractivity contribution in [2.45, 2.75) is 33.0 Å². The van der Waals surface area contributed by atoms with Gasteiger partial charge in [0.15, 0.2) is 0 Å². The molecule has 0 bridgehead atoms. The SMILES string of the molecule is CC(C)NCc1cccc(F)c1N(C)Cc1ccccc1. The molecule has 0 aromatic heterocycles. The van der Waals surface area contributed by atoms with Crippen LogP contribution in [0.25, 0.3) is 0 Å². The van der Waals surface area contributed by atoms with Crippen LogP contribution in [0.15, 0.2) is 48.5 Å². The molecule has 0 radical (unpaired) electrons. The first-order valence-electron chi connectivity index (χ1n) is 7.33. The predicted octanol–water partition coefficient (Wildman–Crippen LogP) is 3.96. The minimum atomic E-state index is -0.170. The lowest BCUT2D eigenvalue weighted by atomic mass is 10.1. The molecule has 0 aliphatic rings. The van der Waals surface area contributed by atoms with E-state index in [4.69, 9.17) is 0 Å². The van der Waals surface area contributed by atoms with Crippen molar-refractivity contribution in [2.75, 3.05) is 11.9 Å². The lowest BCUT2D eigenvalue weighted by molar-refractivity contribution is 0.579. The third-order valence-corrected chi connectivity index (χ3v) is 3.42. The topological polar surface area (TPSA) is 15.3 Å². The second-order valence-corrected chi connectivity index (χ2v) is 5.62. The van der Waals surface area contributed by atoms with E-state index in [0.717, 1.165) is 5.56 Å². The van der Waals surface area contributed by atoms with Crippen molar-refractivity contribution >= 4 is 5.69 Å². The molecule has 2 nitrogen and oxygen atoms in total. The maximum Gasteiger partial charge on any atom is 0.146 e. The molecule has 0 amide bonds. The number of nitrogens with zero attached hydrogens (tertiary/aromatic N) is 1. The third-order valence-electron chi connectivity index (χ3n) is 3.42. The number of hydrogen-bond acceptors (Lipinski definition) is 2. The molecule has 0 heterocycles. The van der Waals surface area contributed by atoms with Gasteiger partial charge in [0.25, 0.3) is 0 Å². The molecule has 0 aliphatic carbocycles. The molecule has 2 aromatic carbocycles. The van der Waals surface area contributed by atoms with E-state index in [1.807, 2.05) is 36.2 Å². The first kappa shape index (κ1) is 15.5. The largest absolute Gasteiger partial charge is 0.368 e. The van der Waals surface area contributed by atoms with E-state index >= 15 is 0 Å². The van der Waals surface area contributed by atoms with Gasteiger partial charge in [0, 0.05) is 26.2 Å². The number of para-hydroxylation sites is 1. The lowest BCUT2D eigenvalue weighted by Gasteiger charge is -2.24. The van der Waals surface area contributed by atoms with Gasteiger partial charge in [-0.3, -0.25) is 0 Å². The molecule has 0 spiro atoms. The van der Waals surface area contributed by atoms with E-state index in [0.29, 0.717) is 24.8 Å². The van der Waals surface area contributed by atoms with Gasteiger partial charge in [-0.25, -0.2) is 4.39 Å². The van der Waals surface area contributed by atoms with Crippen LogP contribution in [0.5, 0.6) is 0 Å². The van der Waals surface area contributed by atoms with Crippen molar-refractivity contribution in [1.82, 2.24) is 5.32 Å². The van der Waals surface area contributed by atoms with E-state index in [9.17, 15) is 4.39 Å². The van der Waals surface area contributed by atoms with Crippen molar-refractivity contribution in [3.63, 3.8) is 0 Å². The van der Waals surface area contributed by atoms with Crippen LogP contribution in [-0.4, -0.2) is 13.1 Å². The van der Waals surface area contributed by atoms with Crippen LogP contribution >= 0.6 is 0 Å². The van der Waals surface area contributed by atoms with E-state index in [2.05, 4.69) is 31.3 Å². The minimum absolute atomic E-state index is 0.170. The average Bonchev–Trinajstić information content (AvgIpc) is 2.46. The molecule has 3 heteroatoms. The Morgan fingerprint density at radius 2 is 1.76 bits per heavy atom. The summed E-state index contributed by atoms with van der Waals surface area (Å²) in [6.07, 6.45) is 0. The van der Waals surface area contributed by atoms with Gasteiger partial charge in [0.2, 0.25) is 0 Å². The summed E-state index contributed by atoms with van der Waals surface area (Å²) in [6, 6.07) is 15.8. The van der Waals surface area contributed by atoms with Crippen molar-refractivity contribution in [2.24, 2.45) is 0 Å². The van der Waals surface area contributed by atoms with E-state index in [1.54, 1.807) is 6.07 Å². The summed E-state index contributed by atoms with van der Waals surface area (Å²) in [7, 11) is 1.93. The Morgan fingerprint density at radius 1 is 1.05 bits per heavy atom. The van der Waals surface area contributed by atoms with Crippen LogP contribution in [0.3, 0.4) is 0 Å². The number of nitrogens with one attached hydrogen (secondary N) is 1. The summed E-state index contributed by atoms with van der Waals surface area (Å²) in [6.45, 7) is 5.54. The van der Waals surface area contributed by atoms with Crippen molar-refractivity contribution in [1.29, 1.82) is 0 Å². The summed E-state index contributed by atoms with van der Waals surface area (Å²) in [5, 5.41) is 3.35. The Morgan fingerprint density at radius 3 is 2.43 bits per heavy atom. The molecule has 0 unspecified atom stereocenters. The van der Waals surface area contributed by atoms with Crippen LogP contribution in [0.4, 0.5) is 10.1 Å². The Kier molecular flexibility index (Phi) is 5.34. The fraction of sp³-hybridized carbons (Fsp3) is 0.333. The van der Waals surface area contributed by atoms with Gasteiger partial charge in [-0.2, -0.15) is 0 Å². The molecule has 1 N–H and O–H groups in total. The van der Waals surface area contributed by atoms with Gasteiger partial charge in [0.05, 0.1) is 5.69 Å². The maximum atomic E-state index is 14.3. The normalized spacial score (nSPS) is 10.9. The number of hydrogen-bond donors (Lipinski definition) is 1. The molecule has 0 fully saturated rings. The fourth-order valence-electron chi connectivity index (χ4n) is 2.38. The van der Waals surface area contributed by atoms with E-state index < -0.39 is 0 Å². The highest BCUT2D eigenvalue weighted by Gasteiger charge is 2.13. The number of benzene rings is 2. The Balaban J connectivity index is 2.20. The molecule has 21 heavy (non-hydrogen) atoms. The smallest absolute Gasteiger partial charge is 0.146 e. The monoisotopic (exact) mass is 286 g/mol. The number of halogens is 1. The van der Waals surface area contributed by atoms with Gasteiger partial charge in [-0.05, 0) is 17.2 Å². The summed E-state index contributed by atoms with van der Waals surface area (Å²) in [4.78, 5) is 1.97. The first-order valence-corrected chi connectivity index (χ1v) is 7.33. The molecule has 0 saturated carbocycles. The zero-order valence-electron chi connectivity index (χ0n) is 12.9. The summed E-state index contributed by atoms with van der Waals surface area (Å²) >= 11 is 0. The highest BCUT2D eigenvalue weighted by atomic mass is 19.1. The predicted molar refractivity (Wildman–Crippen MR) is 86.9 cm³/mol. The number of anilines is 1. The second kappa shape index (κ2) is 7.23. The lowest BCUT2D eigenvalue weighted by Crippen LogP contribution is -2.25. The molecule has 112 valence electrons. The van der Waals surface area contributed by atoms with Gasteiger partial charge < -0.3 is 10.2 Å². The Labute approximate surface area is 126 Å². The van der Waals surface area contributed by atoms with E-state index in [1.165, 1.54) is 11.6 Å². The van der Waals surface area contributed by atoms with E-state index in [-0.39, 0.29) is 5.82 Å². The molecule has 2 rings (SSSR count). The van der Waals surface area contributed by atoms with Crippen molar-refractivity contribution in [3.8, 4) is 0 Å². The molecular formula is C18H23FN2. The van der Waals surface area contributed by atoms with Crippen LogP contribution in [-0.2, 0) is 13.1 Å². The van der Waals surface area contributed by atoms with Crippen molar-refractivity contribution in [3.05, 3.63) is 65.5 Å². The standard InChI is InChI=1S/C18H23FN2/c1-14(2)20-12-16-10-7-11-17(19)18(16)21(3)13-15-8-5-4-6-9-15/h4-11,14,20H,12-13H2,1-3H3. The van der Waals surface area contributed by atoms with Crippen LogP contribution in [0, 0.1) is 5.82 Å². The average molecular weight is 286 g/mol. The Hall–Kier alpha value is -1.87. The maximum absolute atomic E-state index is 14.3. The van der Waals surface area contributed by atoms with Crippen LogP contribution < -0.4 is 10.2 Å². The van der Waals surface area contributed by atoms with Crippen LogP contribution in [0.2, 0.25) is 0 Å².